The van der Waals surface area contributed by atoms with Gasteiger partial charge in [-0.15, -0.1) is 0 Å². The topological polar surface area (TPSA) is 41.3 Å². The van der Waals surface area contributed by atoms with Crippen LogP contribution in [0.3, 0.4) is 0 Å². The first-order chi connectivity index (χ1) is 6.77. The highest BCUT2D eigenvalue weighted by Gasteiger charge is 2.19. The molecule has 1 aliphatic rings. The molecule has 0 spiro atoms. The van der Waals surface area contributed by atoms with Crippen LogP contribution in [0, 0.1) is 0 Å². The number of hydrogen-bond acceptors (Lipinski definition) is 3. The number of aliphatic hydroxyl groups excluding tert-OH is 1. The number of aliphatic hydroxyl groups is 1. The molecule has 0 aliphatic carbocycles. The van der Waals surface area contributed by atoms with Crippen LogP contribution < -0.4 is 0 Å². The van der Waals surface area contributed by atoms with E-state index >= 15 is 0 Å². The van der Waals surface area contributed by atoms with E-state index in [1.165, 1.54) is 12.8 Å². The number of likely N-dealkylation sites (tertiary alicyclic amines) is 1. The average molecular weight is 195 g/mol. The van der Waals surface area contributed by atoms with Crippen LogP contribution in [0.25, 0.3) is 0 Å². The molecule has 1 fully saturated rings. The second kappa shape index (κ2) is 4.11. The molecule has 0 bridgehead atoms. The Kier molecular flexibility index (Phi) is 2.84. The van der Waals surface area contributed by atoms with Crippen LogP contribution in [0.15, 0.2) is 12.4 Å². The summed E-state index contributed by atoms with van der Waals surface area (Å²) < 4.78 is 1.88. The van der Waals surface area contributed by atoms with Crippen molar-refractivity contribution in [1.82, 2.24) is 14.5 Å². The standard InChI is InChI=1S/C10H17N3O/c1-12-7-4-11-10(12)9(14)8-13-5-2-3-6-13/h4,7,9,14H,2-3,5-6,8H2,1H3. The van der Waals surface area contributed by atoms with Gasteiger partial charge in [-0.2, -0.15) is 0 Å². The molecule has 4 nitrogen and oxygen atoms in total. The quantitative estimate of drug-likeness (QED) is 0.765. The molecule has 78 valence electrons. The second-order valence-corrected chi connectivity index (χ2v) is 3.92. The molecule has 1 aliphatic heterocycles. The van der Waals surface area contributed by atoms with E-state index < -0.39 is 6.10 Å². The summed E-state index contributed by atoms with van der Waals surface area (Å²) in [6, 6.07) is 0. The molecule has 1 unspecified atom stereocenters. The van der Waals surface area contributed by atoms with Crippen molar-refractivity contribution in [3.63, 3.8) is 0 Å². The molecule has 4 heteroatoms. The van der Waals surface area contributed by atoms with Crippen molar-refractivity contribution >= 4 is 0 Å². The van der Waals surface area contributed by atoms with Gasteiger partial charge < -0.3 is 14.6 Å². The zero-order valence-corrected chi connectivity index (χ0v) is 8.56. The molecule has 1 aromatic rings. The predicted molar refractivity (Wildman–Crippen MR) is 53.8 cm³/mol. The average Bonchev–Trinajstić information content (AvgIpc) is 2.75. The minimum atomic E-state index is -0.451. The highest BCUT2D eigenvalue weighted by Crippen LogP contribution is 2.15. The molecule has 0 saturated carbocycles. The van der Waals surface area contributed by atoms with Crippen molar-refractivity contribution in [1.29, 1.82) is 0 Å². The Balaban J connectivity index is 1.95. The van der Waals surface area contributed by atoms with E-state index in [1.54, 1.807) is 6.20 Å². The largest absolute Gasteiger partial charge is 0.384 e. The van der Waals surface area contributed by atoms with Crippen LogP contribution >= 0.6 is 0 Å². The third-order valence-electron chi connectivity index (χ3n) is 2.79. The van der Waals surface area contributed by atoms with E-state index in [-0.39, 0.29) is 0 Å². The number of aryl methyl sites for hydroxylation is 1. The normalized spacial score (nSPS) is 20.1. The van der Waals surface area contributed by atoms with Gasteiger partial charge in [0.2, 0.25) is 0 Å². The summed E-state index contributed by atoms with van der Waals surface area (Å²) in [5.74, 6) is 0.761. The summed E-state index contributed by atoms with van der Waals surface area (Å²) in [4.78, 5) is 6.44. The van der Waals surface area contributed by atoms with Gasteiger partial charge in [-0.05, 0) is 25.9 Å². The minimum Gasteiger partial charge on any atom is -0.384 e. The fraction of sp³-hybridized carbons (Fsp3) is 0.700. The molecule has 0 amide bonds. The highest BCUT2D eigenvalue weighted by atomic mass is 16.3. The molecule has 0 aromatic carbocycles. The lowest BCUT2D eigenvalue weighted by Crippen LogP contribution is -2.26. The number of β-amino-alcohol motifs (C(OH)–C–C–N with tert-alkyl or cyclic N) is 1. The van der Waals surface area contributed by atoms with Crippen LogP contribution in [0.1, 0.15) is 24.8 Å². The van der Waals surface area contributed by atoms with E-state index in [9.17, 15) is 5.11 Å². The summed E-state index contributed by atoms with van der Waals surface area (Å²) in [5.41, 5.74) is 0. The van der Waals surface area contributed by atoms with Gasteiger partial charge in [0.05, 0.1) is 0 Å². The summed E-state index contributed by atoms with van der Waals surface area (Å²) in [6.45, 7) is 2.94. The Morgan fingerprint density at radius 1 is 1.50 bits per heavy atom. The number of hydrogen-bond donors (Lipinski definition) is 1. The fourth-order valence-electron chi connectivity index (χ4n) is 1.99. The summed E-state index contributed by atoms with van der Waals surface area (Å²) >= 11 is 0. The number of rotatable bonds is 3. The number of imidazole rings is 1. The zero-order valence-electron chi connectivity index (χ0n) is 8.56. The van der Waals surface area contributed by atoms with E-state index in [4.69, 9.17) is 0 Å². The first kappa shape index (κ1) is 9.68. The van der Waals surface area contributed by atoms with Crippen LogP contribution in [0.2, 0.25) is 0 Å². The molecule has 2 rings (SSSR count). The molecule has 0 radical (unpaired) electrons. The maximum Gasteiger partial charge on any atom is 0.138 e. The van der Waals surface area contributed by atoms with Gasteiger partial charge in [0.15, 0.2) is 0 Å². The van der Waals surface area contributed by atoms with E-state index in [1.807, 2.05) is 17.8 Å². The molecule has 1 atom stereocenters. The Hall–Kier alpha value is -0.870. The zero-order chi connectivity index (χ0) is 9.97. The summed E-state index contributed by atoms with van der Waals surface area (Å²) in [7, 11) is 1.91. The van der Waals surface area contributed by atoms with Crippen molar-refractivity contribution in [2.45, 2.75) is 18.9 Å². The molecule has 1 N–H and O–H groups in total. The van der Waals surface area contributed by atoms with Gasteiger partial charge in [-0.1, -0.05) is 0 Å². The number of aromatic nitrogens is 2. The van der Waals surface area contributed by atoms with Crippen molar-refractivity contribution < 1.29 is 5.11 Å². The lowest BCUT2D eigenvalue weighted by atomic mass is 10.3. The maximum absolute atomic E-state index is 9.93. The van der Waals surface area contributed by atoms with Gasteiger partial charge in [0, 0.05) is 26.0 Å². The lowest BCUT2D eigenvalue weighted by molar-refractivity contribution is 0.116. The van der Waals surface area contributed by atoms with Gasteiger partial charge in [0.25, 0.3) is 0 Å². The lowest BCUT2D eigenvalue weighted by Gasteiger charge is -2.18. The monoisotopic (exact) mass is 195 g/mol. The first-order valence-electron chi connectivity index (χ1n) is 5.15. The second-order valence-electron chi connectivity index (χ2n) is 3.92. The molecule has 1 aromatic heterocycles. The van der Waals surface area contributed by atoms with Crippen LogP contribution in [-0.4, -0.2) is 39.2 Å². The Labute approximate surface area is 84.2 Å². The minimum absolute atomic E-state index is 0.451. The van der Waals surface area contributed by atoms with Gasteiger partial charge in [-0.25, -0.2) is 4.98 Å². The van der Waals surface area contributed by atoms with Crippen LogP contribution in [-0.2, 0) is 7.05 Å². The van der Waals surface area contributed by atoms with Gasteiger partial charge in [0.1, 0.15) is 11.9 Å². The number of nitrogens with zero attached hydrogens (tertiary/aromatic N) is 3. The van der Waals surface area contributed by atoms with Crippen LogP contribution in [0.5, 0.6) is 0 Å². The van der Waals surface area contributed by atoms with Crippen molar-refractivity contribution in [3.05, 3.63) is 18.2 Å². The molecular formula is C10H17N3O. The molecule has 2 heterocycles. The Morgan fingerprint density at radius 2 is 2.21 bits per heavy atom. The SMILES string of the molecule is Cn1ccnc1C(O)CN1CCCC1. The van der Waals surface area contributed by atoms with Crippen molar-refractivity contribution in [3.8, 4) is 0 Å². The predicted octanol–water partition coefficient (Wildman–Crippen LogP) is 0.549. The molecule has 1 saturated heterocycles. The van der Waals surface area contributed by atoms with E-state index in [0.29, 0.717) is 6.54 Å². The van der Waals surface area contributed by atoms with Gasteiger partial charge in [-0.3, -0.25) is 0 Å². The fourth-order valence-corrected chi connectivity index (χ4v) is 1.99. The Morgan fingerprint density at radius 3 is 2.79 bits per heavy atom. The van der Waals surface area contributed by atoms with Crippen LogP contribution in [0.4, 0.5) is 0 Å². The summed E-state index contributed by atoms with van der Waals surface area (Å²) in [5, 5.41) is 9.93. The van der Waals surface area contributed by atoms with E-state index in [2.05, 4.69) is 9.88 Å². The molecular weight excluding hydrogens is 178 g/mol. The van der Waals surface area contributed by atoms with Crippen molar-refractivity contribution in [2.75, 3.05) is 19.6 Å². The molecule has 14 heavy (non-hydrogen) atoms. The Bertz CT molecular complexity index is 291. The smallest absolute Gasteiger partial charge is 0.138 e. The first-order valence-corrected chi connectivity index (χ1v) is 5.15. The van der Waals surface area contributed by atoms with Crippen molar-refractivity contribution in [2.24, 2.45) is 7.05 Å². The highest BCUT2D eigenvalue weighted by molar-refractivity contribution is 4.96. The third kappa shape index (κ3) is 1.96. The maximum atomic E-state index is 9.93. The third-order valence-corrected chi connectivity index (χ3v) is 2.79. The van der Waals surface area contributed by atoms with E-state index in [0.717, 1.165) is 18.9 Å². The summed E-state index contributed by atoms with van der Waals surface area (Å²) in [6.07, 6.45) is 5.65. The van der Waals surface area contributed by atoms with Gasteiger partial charge >= 0.3 is 0 Å².